The van der Waals surface area contributed by atoms with Crippen LogP contribution >= 0.6 is 0 Å². The topological polar surface area (TPSA) is 179 Å². The van der Waals surface area contributed by atoms with Crippen molar-refractivity contribution in [2.24, 2.45) is 0 Å². The number of carboxylic acids is 1. The van der Waals surface area contributed by atoms with Gasteiger partial charge in [0.15, 0.2) is 5.78 Å². The Morgan fingerprint density at radius 2 is 1.68 bits per heavy atom. The summed E-state index contributed by atoms with van der Waals surface area (Å²) in [6.07, 6.45) is -1.88. The summed E-state index contributed by atoms with van der Waals surface area (Å²) < 4.78 is 5.45. The number of aromatic carboxylic acids is 1. The summed E-state index contributed by atoms with van der Waals surface area (Å²) in [5, 5.41) is 53.7. The van der Waals surface area contributed by atoms with Gasteiger partial charge in [0.2, 0.25) is 5.78 Å². The first-order chi connectivity index (χ1) is 17.5. The molecule has 0 amide bonds. The van der Waals surface area contributed by atoms with E-state index in [4.69, 9.17) is 4.74 Å². The monoisotopic (exact) mass is 504 g/mol. The van der Waals surface area contributed by atoms with E-state index in [9.17, 15) is 44.7 Å². The fourth-order valence-electron chi connectivity index (χ4n) is 5.36. The third-order valence-electron chi connectivity index (χ3n) is 6.75. The minimum absolute atomic E-state index is 0.0203. The van der Waals surface area contributed by atoms with E-state index in [0.717, 1.165) is 0 Å². The van der Waals surface area contributed by atoms with E-state index in [1.807, 2.05) is 0 Å². The average Bonchev–Trinajstić information content (AvgIpc) is 2.81. The number of phenolic OH excluding ortho intramolecular Hbond substituents is 2. The second kappa shape index (κ2) is 8.17. The minimum Gasteiger partial charge on any atom is -0.507 e. The standard InChI is InChI=1S/C27H20O10/c1-9(28)6-10-7-11-8-14(30)18-19(15(11)23(32)16(10)27(35)36)25(34)20-21(26(18)37-2)24(33)17-12(22(20)31)4-3-5-13(17)29/h3-5,7,14,29-30,32,34H,6,8H2,1-2H3,(H,35,36)/t14-/m1/s1. The van der Waals surface area contributed by atoms with Crippen LogP contribution < -0.4 is 4.74 Å². The number of hydrogen-bond donors (Lipinski definition) is 5. The Morgan fingerprint density at radius 1 is 0.973 bits per heavy atom. The normalized spacial score (nSPS) is 15.4. The van der Waals surface area contributed by atoms with Gasteiger partial charge in [-0.25, -0.2) is 4.79 Å². The Labute approximate surface area is 209 Å². The first-order valence-corrected chi connectivity index (χ1v) is 11.2. The largest absolute Gasteiger partial charge is 0.507 e. The van der Waals surface area contributed by atoms with Gasteiger partial charge in [0.25, 0.3) is 0 Å². The molecule has 0 unspecified atom stereocenters. The number of hydrogen-bond acceptors (Lipinski definition) is 9. The van der Waals surface area contributed by atoms with Gasteiger partial charge in [-0.3, -0.25) is 14.4 Å². The predicted octanol–water partition coefficient (Wildman–Crippen LogP) is 2.67. The number of carbonyl (C=O) groups is 4. The summed E-state index contributed by atoms with van der Waals surface area (Å²) in [7, 11) is 1.19. The number of Topliss-reactive ketones (excluding diaryl/α,β-unsaturated/α-hetero) is 1. The zero-order valence-electron chi connectivity index (χ0n) is 19.6. The fraction of sp³-hybridized carbons (Fsp3) is 0.185. The minimum atomic E-state index is -1.52. The second-order valence-corrected chi connectivity index (χ2v) is 8.98. The molecule has 2 aliphatic carbocycles. The number of ketones is 3. The molecule has 0 saturated heterocycles. The Morgan fingerprint density at radius 3 is 2.30 bits per heavy atom. The molecule has 3 aromatic carbocycles. The van der Waals surface area contributed by atoms with Crippen LogP contribution in [0.4, 0.5) is 0 Å². The number of aliphatic hydroxyl groups is 1. The highest BCUT2D eigenvalue weighted by Gasteiger charge is 2.43. The van der Waals surface area contributed by atoms with Crippen LogP contribution in [0.25, 0.3) is 11.1 Å². The molecule has 0 aliphatic heterocycles. The number of ether oxygens (including phenoxy) is 1. The number of methoxy groups -OCH3 is 1. The summed E-state index contributed by atoms with van der Waals surface area (Å²) in [5.74, 6) is -5.74. The summed E-state index contributed by atoms with van der Waals surface area (Å²) in [6, 6.07) is 5.25. The van der Waals surface area contributed by atoms with Gasteiger partial charge in [0.05, 0.1) is 29.9 Å². The molecule has 10 heteroatoms. The zero-order chi connectivity index (χ0) is 26.9. The van der Waals surface area contributed by atoms with Crippen LogP contribution in [0.15, 0.2) is 24.3 Å². The summed E-state index contributed by atoms with van der Waals surface area (Å²) in [6.45, 7) is 1.26. The number of carboxylic acid groups (broad SMARTS) is 1. The molecule has 0 aromatic heterocycles. The van der Waals surface area contributed by atoms with Gasteiger partial charge in [0.1, 0.15) is 34.3 Å². The average molecular weight is 504 g/mol. The van der Waals surface area contributed by atoms with Gasteiger partial charge in [-0.05, 0) is 24.1 Å². The van der Waals surface area contributed by atoms with Crippen LogP contribution in [0.1, 0.15) is 71.9 Å². The smallest absolute Gasteiger partial charge is 0.339 e. The van der Waals surface area contributed by atoms with Gasteiger partial charge in [-0.15, -0.1) is 0 Å². The molecule has 0 radical (unpaired) electrons. The van der Waals surface area contributed by atoms with Crippen molar-refractivity contribution in [3.63, 3.8) is 0 Å². The molecule has 3 aromatic rings. The van der Waals surface area contributed by atoms with Crippen molar-refractivity contribution in [2.45, 2.75) is 25.9 Å². The number of aromatic hydroxyl groups is 3. The van der Waals surface area contributed by atoms with Crippen molar-refractivity contribution in [1.82, 2.24) is 0 Å². The van der Waals surface area contributed by atoms with Crippen LogP contribution in [-0.4, -0.2) is 56.0 Å². The van der Waals surface area contributed by atoms with Crippen LogP contribution in [0, 0.1) is 0 Å². The lowest BCUT2D eigenvalue weighted by atomic mass is 9.74. The Balaban J connectivity index is 1.92. The molecule has 37 heavy (non-hydrogen) atoms. The number of phenols is 3. The van der Waals surface area contributed by atoms with Crippen molar-refractivity contribution in [2.75, 3.05) is 7.11 Å². The van der Waals surface area contributed by atoms with Crippen molar-refractivity contribution < 1.29 is 49.4 Å². The molecule has 0 saturated carbocycles. The van der Waals surface area contributed by atoms with Gasteiger partial charge in [-0.1, -0.05) is 18.2 Å². The molecule has 10 nitrogen and oxygen atoms in total. The maximum absolute atomic E-state index is 13.5. The van der Waals surface area contributed by atoms with E-state index >= 15 is 0 Å². The summed E-state index contributed by atoms with van der Waals surface area (Å²) in [4.78, 5) is 50.7. The van der Waals surface area contributed by atoms with Gasteiger partial charge >= 0.3 is 5.97 Å². The highest BCUT2D eigenvalue weighted by Crippen LogP contribution is 2.56. The lowest BCUT2D eigenvalue weighted by Gasteiger charge is -2.32. The van der Waals surface area contributed by atoms with Crippen LogP contribution in [-0.2, 0) is 17.6 Å². The van der Waals surface area contributed by atoms with E-state index < -0.39 is 52.0 Å². The maximum atomic E-state index is 13.5. The van der Waals surface area contributed by atoms with Crippen LogP contribution in [0.3, 0.4) is 0 Å². The van der Waals surface area contributed by atoms with Crippen LogP contribution in [0.2, 0.25) is 0 Å². The number of aliphatic hydroxyl groups excluding tert-OH is 1. The van der Waals surface area contributed by atoms with E-state index in [1.54, 1.807) is 0 Å². The number of benzene rings is 3. The Hall–Kier alpha value is -4.70. The lowest BCUT2D eigenvalue weighted by molar-refractivity contribution is -0.116. The second-order valence-electron chi connectivity index (χ2n) is 8.98. The van der Waals surface area contributed by atoms with E-state index in [-0.39, 0.29) is 68.9 Å². The molecule has 0 fully saturated rings. The number of rotatable bonds is 4. The molecule has 5 N–H and O–H groups in total. The van der Waals surface area contributed by atoms with Crippen molar-refractivity contribution >= 4 is 23.3 Å². The molecule has 1 atom stereocenters. The lowest BCUT2D eigenvalue weighted by Crippen LogP contribution is -2.25. The molecule has 188 valence electrons. The van der Waals surface area contributed by atoms with Crippen molar-refractivity contribution in [3.8, 4) is 34.1 Å². The van der Waals surface area contributed by atoms with Gasteiger partial charge in [0, 0.05) is 35.1 Å². The predicted molar refractivity (Wildman–Crippen MR) is 127 cm³/mol. The van der Waals surface area contributed by atoms with Crippen LogP contribution in [0.5, 0.6) is 23.0 Å². The number of fused-ring (bicyclic) bond motifs is 5. The van der Waals surface area contributed by atoms with Crippen molar-refractivity contribution in [3.05, 3.63) is 68.8 Å². The van der Waals surface area contributed by atoms with Gasteiger partial charge in [-0.2, -0.15) is 0 Å². The molecular formula is C27H20O10. The van der Waals surface area contributed by atoms with Crippen molar-refractivity contribution in [1.29, 1.82) is 0 Å². The molecule has 0 heterocycles. The highest BCUT2D eigenvalue weighted by molar-refractivity contribution is 6.32. The number of carbonyl (C=O) groups excluding carboxylic acids is 3. The molecule has 2 aliphatic rings. The molecule has 0 bridgehead atoms. The Bertz CT molecular complexity index is 1600. The van der Waals surface area contributed by atoms with E-state index in [1.165, 1.54) is 38.3 Å². The summed E-state index contributed by atoms with van der Waals surface area (Å²) >= 11 is 0. The maximum Gasteiger partial charge on any atom is 0.339 e. The van der Waals surface area contributed by atoms with E-state index in [2.05, 4.69) is 0 Å². The Kier molecular flexibility index (Phi) is 5.30. The molecule has 5 rings (SSSR count). The molecular weight excluding hydrogens is 484 g/mol. The third-order valence-corrected chi connectivity index (χ3v) is 6.75. The SMILES string of the molecule is COc1c2c(c(O)c3c1[C@H](O)Cc1cc(CC(C)=O)c(C(=O)O)c(O)c1-3)C(=O)c1cccc(O)c1C2=O. The first kappa shape index (κ1) is 24.0. The zero-order valence-corrected chi connectivity index (χ0v) is 19.6. The molecule has 0 spiro atoms. The van der Waals surface area contributed by atoms with E-state index in [0.29, 0.717) is 0 Å². The van der Waals surface area contributed by atoms with Gasteiger partial charge < -0.3 is 30.3 Å². The summed E-state index contributed by atoms with van der Waals surface area (Å²) in [5.41, 5.74) is -2.16. The fourth-order valence-corrected chi connectivity index (χ4v) is 5.36. The quantitative estimate of drug-likeness (QED) is 0.277. The third kappa shape index (κ3) is 3.22. The highest BCUT2D eigenvalue weighted by atomic mass is 16.5. The first-order valence-electron chi connectivity index (χ1n) is 11.2.